The van der Waals surface area contributed by atoms with Gasteiger partial charge in [-0.3, -0.25) is 26.3 Å². The molecule has 0 saturated heterocycles. The molecule has 0 amide bonds. The molecule has 0 heterocycles. The van der Waals surface area contributed by atoms with Crippen LogP contribution in [0.2, 0.25) is 0 Å². The molecule has 10 nitrogen and oxygen atoms in total. The number of carboxylic acid groups (broad SMARTS) is 3. The SMILES string of the molecule is [CH2-]N(CCN(CC(=O)O)CC(=O)O)CC(=O)O.[O]=[Co][OH]. The van der Waals surface area contributed by atoms with Crippen LogP contribution in [0.3, 0.4) is 0 Å². The Morgan fingerprint density at radius 3 is 1.55 bits per heavy atom. The predicted octanol–water partition coefficient (Wildman–Crippen LogP) is -2.04. The van der Waals surface area contributed by atoms with Crippen molar-refractivity contribution in [2.24, 2.45) is 0 Å². The van der Waals surface area contributed by atoms with Gasteiger partial charge in [0.2, 0.25) is 0 Å². The summed E-state index contributed by atoms with van der Waals surface area (Å²) in [6, 6.07) is 0. The van der Waals surface area contributed by atoms with Crippen molar-refractivity contribution in [3.05, 3.63) is 7.05 Å². The van der Waals surface area contributed by atoms with E-state index in [-0.39, 0.29) is 19.6 Å². The summed E-state index contributed by atoms with van der Waals surface area (Å²) in [7, 11) is 3.44. The first-order valence-electron chi connectivity index (χ1n) is 5.03. The summed E-state index contributed by atoms with van der Waals surface area (Å²) in [6.07, 6.45) is 0. The fraction of sp³-hybridized carbons (Fsp3) is 0.556. The zero-order valence-corrected chi connectivity index (χ0v) is 11.4. The van der Waals surface area contributed by atoms with Gasteiger partial charge in [-0.1, -0.05) is 0 Å². The molecule has 0 aliphatic rings. The number of rotatable bonds is 9. The van der Waals surface area contributed by atoms with Crippen molar-refractivity contribution >= 4 is 17.9 Å². The van der Waals surface area contributed by atoms with Crippen LogP contribution in [-0.2, 0) is 33.2 Å². The van der Waals surface area contributed by atoms with Gasteiger partial charge in [0.15, 0.2) is 0 Å². The molecule has 120 valence electrons. The Labute approximate surface area is 121 Å². The second-order valence-electron chi connectivity index (χ2n) is 3.51. The molecule has 0 radical (unpaired) electrons. The van der Waals surface area contributed by atoms with E-state index < -0.39 is 45.9 Å². The summed E-state index contributed by atoms with van der Waals surface area (Å²) >= 11 is -0.812. The molecule has 0 aromatic rings. The number of carbonyl (C=O) groups is 3. The van der Waals surface area contributed by atoms with Crippen LogP contribution in [0.4, 0.5) is 0 Å². The Balaban J connectivity index is 0. The zero-order chi connectivity index (χ0) is 16.1. The average Bonchev–Trinajstić information content (AvgIpc) is 2.24. The average molecular weight is 339 g/mol. The Kier molecular flexibility index (Phi) is 13.2. The molecule has 0 aromatic heterocycles. The second kappa shape index (κ2) is 12.6. The quantitative estimate of drug-likeness (QED) is 0.345. The third-order valence-electron chi connectivity index (χ3n) is 1.81. The van der Waals surface area contributed by atoms with Crippen LogP contribution in [0.15, 0.2) is 0 Å². The standard InChI is InChI=1S/C9H15N2O6.Co.H2O.O/c1-10(4-7(12)13)2-3-11(5-8(14)15)6-9(16)17;;;/h1-6H2,(H,12,13)(H,14,15)(H,16,17);;1H2;/q-1;+1;;/p-1. The fourth-order valence-corrected chi connectivity index (χ4v) is 1.15. The first-order valence-corrected chi connectivity index (χ1v) is 5.92. The van der Waals surface area contributed by atoms with E-state index in [2.05, 4.69) is 7.05 Å². The van der Waals surface area contributed by atoms with Crippen LogP contribution in [0.1, 0.15) is 0 Å². The van der Waals surface area contributed by atoms with Crippen molar-refractivity contribution in [3.63, 3.8) is 0 Å². The van der Waals surface area contributed by atoms with Crippen molar-refractivity contribution < 1.29 is 52.7 Å². The van der Waals surface area contributed by atoms with Crippen molar-refractivity contribution in [1.82, 2.24) is 9.80 Å². The van der Waals surface area contributed by atoms with Gasteiger partial charge in [0, 0.05) is 6.54 Å². The Morgan fingerprint density at radius 2 is 1.25 bits per heavy atom. The van der Waals surface area contributed by atoms with Crippen molar-refractivity contribution in [3.8, 4) is 0 Å². The first-order chi connectivity index (χ1) is 9.22. The van der Waals surface area contributed by atoms with Crippen LogP contribution in [0.25, 0.3) is 0 Å². The van der Waals surface area contributed by atoms with Crippen molar-refractivity contribution in [1.29, 1.82) is 0 Å². The minimum atomic E-state index is -1.14. The summed E-state index contributed by atoms with van der Waals surface area (Å²) in [5, 5.41) is 25.6. The van der Waals surface area contributed by atoms with Gasteiger partial charge in [-0.05, 0) is 6.54 Å². The molecular weight excluding hydrogens is 323 g/mol. The Morgan fingerprint density at radius 1 is 0.900 bits per heavy atom. The summed E-state index contributed by atoms with van der Waals surface area (Å²) in [4.78, 5) is 33.6. The van der Waals surface area contributed by atoms with Crippen molar-refractivity contribution in [2.45, 2.75) is 0 Å². The van der Waals surface area contributed by atoms with Crippen LogP contribution >= 0.6 is 0 Å². The molecule has 0 atom stereocenters. The fourth-order valence-electron chi connectivity index (χ4n) is 1.15. The predicted molar refractivity (Wildman–Crippen MR) is 59.2 cm³/mol. The first kappa shape index (κ1) is 20.9. The Hall–Kier alpha value is -1.40. The molecule has 20 heavy (non-hydrogen) atoms. The molecule has 0 aromatic carbocycles. The van der Waals surface area contributed by atoms with Crippen LogP contribution < -0.4 is 0 Å². The molecule has 0 aliphatic carbocycles. The van der Waals surface area contributed by atoms with Gasteiger partial charge in [-0.25, -0.2) is 0 Å². The molecule has 0 fully saturated rings. The monoisotopic (exact) mass is 339 g/mol. The molecule has 0 saturated carbocycles. The van der Waals surface area contributed by atoms with E-state index in [9.17, 15) is 14.4 Å². The summed E-state index contributed by atoms with van der Waals surface area (Å²) < 4.78 is 15.4. The molecular formula is C9H16CoN2O8-. The van der Waals surface area contributed by atoms with Crippen molar-refractivity contribution in [2.75, 3.05) is 32.7 Å². The molecule has 0 bridgehead atoms. The second-order valence-corrected chi connectivity index (χ2v) is 3.70. The van der Waals surface area contributed by atoms with Crippen LogP contribution in [-0.4, -0.2) is 80.0 Å². The van der Waals surface area contributed by atoms with Gasteiger partial charge in [-0.15, -0.1) is 0 Å². The maximum atomic E-state index is 10.5. The van der Waals surface area contributed by atoms with Gasteiger partial charge in [0.1, 0.15) is 0 Å². The van der Waals surface area contributed by atoms with Gasteiger partial charge >= 0.3 is 40.9 Å². The van der Waals surface area contributed by atoms with Crippen LogP contribution in [0, 0.1) is 7.05 Å². The molecule has 0 aliphatic heterocycles. The van der Waals surface area contributed by atoms with Crippen LogP contribution in [0.5, 0.6) is 0 Å². The summed E-state index contributed by atoms with van der Waals surface area (Å²) in [5.74, 6) is -3.33. The molecule has 11 heteroatoms. The van der Waals surface area contributed by atoms with Gasteiger partial charge in [0.05, 0.1) is 19.6 Å². The topological polar surface area (TPSA) is 156 Å². The molecule has 0 unspecified atom stereocenters. The normalized spacial score (nSPS) is 10.2. The van der Waals surface area contributed by atoms with E-state index in [1.165, 1.54) is 9.80 Å². The number of nitrogens with zero attached hydrogens (tertiary/aromatic N) is 2. The van der Waals surface area contributed by atoms with Gasteiger partial charge in [-0.2, -0.15) is 0 Å². The summed E-state index contributed by atoms with van der Waals surface area (Å²) in [5.41, 5.74) is 0. The third-order valence-corrected chi connectivity index (χ3v) is 1.81. The van der Waals surface area contributed by atoms with E-state index in [1.54, 1.807) is 0 Å². The Bertz CT molecular complexity index is 322. The van der Waals surface area contributed by atoms with E-state index >= 15 is 0 Å². The number of carboxylic acids is 3. The zero-order valence-electron chi connectivity index (χ0n) is 10.4. The van der Waals surface area contributed by atoms with E-state index in [0.29, 0.717) is 0 Å². The molecule has 0 rings (SSSR count). The summed E-state index contributed by atoms with van der Waals surface area (Å²) in [6.45, 7) is -0.809. The van der Waals surface area contributed by atoms with Gasteiger partial charge < -0.3 is 20.2 Å². The number of hydrogen-bond donors (Lipinski definition) is 4. The third kappa shape index (κ3) is 16.6. The van der Waals surface area contributed by atoms with E-state index in [4.69, 9.17) is 23.4 Å². The van der Waals surface area contributed by atoms with E-state index in [1.807, 2.05) is 0 Å². The molecule has 0 spiro atoms. The minimum absolute atomic E-state index is 0.120. The van der Waals surface area contributed by atoms with Gasteiger partial charge in [0.25, 0.3) is 0 Å². The van der Waals surface area contributed by atoms with E-state index in [0.717, 1.165) is 0 Å². The maximum absolute atomic E-state index is 10.5. The molecule has 4 N–H and O–H groups in total. The number of aliphatic carboxylic acids is 3. The number of hydrogen-bond acceptors (Lipinski definition) is 6.